The second-order valence-corrected chi connectivity index (χ2v) is 5.10. The molecule has 1 aromatic rings. The highest BCUT2D eigenvalue weighted by Crippen LogP contribution is 2.27. The number of anilines is 1. The number of hydrogen-bond acceptors (Lipinski definition) is 6. The lowest BCUT2D eigenvalue weighted by Gasteiger charge is -2.28. The zero-order valence-electron chi connectivity index (χ0n) is 10.7. The van der Waals surface area contributed by atoms with Crippen molar-refractivity contribution >= 4 is 17.6 Å². The fourth-order valence-electron chi connectivity index (χ4n) is 1.92. The Morgan fingerprint density at radius 3 is 2.79 bits per heavy atom. The van der Waals surface area contributed by atoms with Gasteiger partial charge >= 0.3 is 0 Å². The molecule has 1 fully saturated rings. The molecule has 0 bridgehead atoms. The van der Waals surface area contributed by atoms with Crippen molar-refractivity contribution in [3.8, 4) is 12.1 Å². The highest BCUT2D eigenvalue weighted by molar-refractivity contribution is 7.99. The molecule has 0 atom stereocenters. The van der Waals surface area contributed by atoms with Gasteiger partial charge in [-0.1, -0.05) is 11.8 Å². The predicted octanol–water partition coefficient (Wildman–Crippen LogP) is 1.71. The summed E-state index contributed by atoms with van der Waals surface area (Å²) >= 11 is 1.31. The van der Waals surface area contributed by atoms with Crippen LogP contribution in [0.5, 0.6) is 0 Å². The van der Waals surface area contributed by atoms with Gasteiger partial charge in [0.15, 0.2) is 0 Å². The molecule has 98 valence electrons. The van der Waals surface area contributed by atoms with Crippen LogP contribution in [0.4, 0.5) is 5.82 Å². The van der Waals surface area contributed by atoms with E-state index < -0.39 is 0 Å². The monoisotopic (exact) mass is 274 g/mol. The van der Waals surface area contributed by atoms with Crippen molar-refractivity contribution in [2.45, 2.75) is 11.9 Å². The van der Waals surface area contributed by atoms with Gasteiger partial charge in [0.25, 0.3) is 0 Å². The molecule has 6 heteroatoms. The van der Waals surface area contributed by atoms with Gasteiger partial charge in [0, 0.05) is 13.1 Å². The second-order valence-electron chi connectivity index (χ2n) is 4.14. The Morgan fingerprint density at radius 2 is 2.16 bits per heavy atom. The first-order chi connectivity index (χ1) is 9.26. The fraction of sp³-hybridized carbons (Fsp3) is 0.462. The zero-order chi connectivity index (χ0) is 13.7. The highest BCUT2D eigenvalue weighted by Gasteiger charge is 2.16. The van der Waals surface area contributed by atoms with Gasteiger partial charge in [0.05, 0.1) is 30.6 Å². The Labute approximate surface area is 116 Å². The van der Waals surface area contributed by atoms with Crippen molar-refractivity contribution in [2.75, 3.05) is 37.0 Å². The standard InChI is InChI=1S/C13H14N4OS/c1-10-8-12(17-3-5-18-6-4-17)16-13(11(10)9-15)19-7-2-14/h8H,3-7H2,1H3. The van der Waals surface area contributed by atoms with Gasteiger partial charge in [0.1, 0.15) is 16.9 Å². The van der Waals surface area contributed by atoms with Crippen LogP contribution in [0.3, 0.4) is 0 Å². The van der Waals surface area contributed by atoms with E-state index in [1.807, 2.05) is 13.0 Å². The molecule has 0 radical (unpaired) electrons. The van der Waals surface area contributed by atoms with Crippen molar-refractivity contribution in [3.63, 3.8) is 0 Å². The molecule has 0 unspecified atom stereocenters. The molecule has 2 heterocycles. The summed E-state index contributed by atoms with van der Waals surface area (Å²) in [7, 11) is 0. The minimum atomic E-state index is 0.299. The Hall–Kier alpha value is -1.76. The van der Waals surface area contributed by atoms with Gasteiger partial charge in [-0.05, 0) is 18.6 Å². The van der Waals surface area contributed by atoms with E-state index in [0.29, 0.717) is 29.6 Å². The Kier molecular flexibility index (Phi) is 4.62. The van der Waals surface area contributed by atoms with Crippen molar-refractivity contribution in [1.29, 1.82) is 10.5 Å². The molecule has 1 aliphatic heterocycles. The Balaban J connectivity index is 2.33. The molecule has 1 aromatic heterocycles. The predicted molar refractivity (Wildman–Crippen MR) is 73.1 cm³/mol. The summed E-state index contributed by atoms with van der Waals surface area (Å²) in [6, 6.07) is 6.16. The van der Waals surface area contributed by atoms with Gasteiger partial charge in [-0.3, -0.25) is 0 Å². The van der Waals surface area contributed by atoms with E-state index in [9.17, 15) is 5.26 Å². The van der Waals surface area contributed by atoms with Gasteiger partial charge in [0.2, 0.25) is 0 Å². The van der Waals surface area contributed by atoms with Crippen molar-refractivity contribution in [3.05, 3.63) is 17.2 Å². The van der Waals surface area contributed by atoms with Crippen LogP contribution < -0.4 is 4.90 Å². The average molecular weight is 274 g/mol. The van der Waals surface area contributed by atoms with Crippen LogP contribution in [0, 0.1) is 29.6 Å². The molecule has 2 rings (SSSR count). The smallest absolute Gasteiger partial charge is 0.130 e. The first-order valence-electron chi connectivity index (χ1n) is 6.00. The topological polar surface area (TPSA) is 72.9 Å². The largest absolute Gasteiger partial charge is 0.378 e. The molecule has 0 aromatic carbocycles. The molecular weight excluding hydrogens is 260 g/mol. The summed E-state index contributed by atoms with van der Waals surface area (Å²) in [6.07, 6.45) is 0. The lowest BCUT2D eigenvalue weighted by molar-refractivity contribution is 0.122. The third-order valence-electron chi connectivity index (χ3n) is 2.89. The molecule has 1 saturated heterocycles. The molecular formula is C13H14N4OS. The van der Waals surface area contributed by atoms with Crippen LogP contribution in [0.25, 0.3) is 0 Å². The second kappa shape index (κ2) is 6.42. The lowest BCUT2D eigenvalue weighted by Crippen LogP contribution is -2.36. The molecule has 0 saturated carbocycles. The normalized spacial score (nSPS) is 14.8. The van der Waals surface area contributed by atoms with Gasteiger partial charge in [-0.25, -0.2) is 4.98 Å². The van der Waals surface area contributed by atoms with Gasteiger partial charge in [-0.2, -0.15) is 10.5 Å². The van der Waals surface area contributed by atoms with E-state index in [2.05, 4.69) is 22.0 Å². The number of nitrogens with zero attached hydrogens (tertiary/aromatic N) is 4. The number of morpholine rings is 1. The van der Waals surface area contributed by atoms with Crippen LogP contribution in [0.2, 0.25) is 0 Å². The summed E-state index contributed by atoms with van der Waals surface area (Å²) in [4.78, 5) is 6.67. The summed E-state index contributed by atoms with van der Waals surface area (Å²) in [5, 5.41) is 18.5. The Morgan fingerprint density at radius 1 is 1.42 bits per heavy atom. The third-order valence-corrected chi connectivity index (χ3v) is 3.73. The molecule has 19 heavy (non-hydrogen) atoms. The van der Waals surface area contributed by atoms with Crippen LogP contribution in [0.15, 0.2) is 11.1 Å². The van der Waals surface area contributed by atoms with Crippen molar-refractivity contribution in [2.24, 2.45) is 0 Å². The number of rotatable bonds is 3. The summed E-state index contributed by atoms with van der Waals surface area (Å²) < 4.78 is 5.32. The van der Waals surface area contributed by atoms with E-state index >= 15 is 0 Å². The van der Waals surface area contributed by atoms with E-state index in [4.69, 9.17) is 10.00 Å². The van der Waals surface area contributed by atoms with Crippen LogP contribution in [-0.4, -0.2) is 37.0 Å². The van der Waals surface area contributed by atoms with Gasteiger partial charge < -0.3 is 9.64 Å². The maximum atomic E-state index is 9.18. The number of hydrogen-bond donors (Lipinski definition) is 0. The molecule has 0 N–H and O–H groups in total. The highest BCUT2D eigenvalue weighted by atomic mass is 32.2. The van der Waals surface area contributed by atoms with E-state index in [-0.39, 0.29) is 0 Å². The molecule has 1 aliphatic rings. The third kappa shape index (κ3) is 3.17. The molecule has 5 nitrogen and oxygen atoms in total. The summed E-state index contributed by atoms with van der Waals surface area (Å²) in [6.45, 7) is 4.91. The summed E-state index contributed by atoms with van der Waals surface area (Å²) in [5.74, 6) is 1.16. The average Bonchev–Trinajstić information content (AvgIpc) is 2.45. The first kappa shape index (κ1) is 13.7. The number of aromatic nitrogens is 1. The minimum absolute atomic E-state index is 0.299. The minimum Gasteiger partial charge on any atom is -0.378 e. The maximum Gasteiger partial charge on any atom is 0.130 e. The van der Waals surface area contributed by atoms with E-state index in [1.54, 1.807) is 0 Å². The van der Waals surface area contributed by atoms with Crippen molar-refractivity contribution < 1.29 is 4.74 Å². The van der Waals surface area contributed by atoms with Gasteiger partial charge in [-0.15, -0.1) is 0 Å². The Bertz CT molecular complexity index is 541. The molecule has 0 spiro atoms. The number of ether oxygens (including phenoxy) is 1. The van der Waals surface area contributed by atoms with E-state index in [0.717, 1.165) is 24.5 Å². The van der Waals surface area contributed by atoms with Crippen LogP contribution in [0.1, 0.15) is 11.1 Å². The number of pyridine rings is 1. The van der Waals surface area contributed by atoms with Crippen LogP contribution >= 0.6 is 11.8 Å². The zero-order valence-corrected chi connectivity index (χ0v) is 11.5. The molecule has 0 aliphatic carbocycles. The number of aryl methyl sites for hydroxylation is 1. The number of thioether (sulfide) groups is 1. The maximum absolute atomic E-state index is 9.18. The van der Waals surface area contributed by atoms with Crippen LogP contribution in [-0.2, 0) is 4.74 Å². The molecule has 0 amide bonds. The lowest BCUT2D eigenvalue weighted by atomic mass is 10.1. The quantitative estimate of drug-likeness (QED) is 0.781. The summed E-state index contributed by atoms with van der Waals surface area (Å²) in [5.41, 5.74) is 1.47. The SMILES string of the molecule is Cc1cc(N2CCOCC2)nc(SCC#N)c1C#N. The fourth-order valence-corrected chi connectivity index (χ4v) is 2.63. The first-order valence-corrected chi connectivity index (χ1v) is 6.99. The van der Waals surface area contributed by atoms with Crippen molar-refractivity contribution in [1.82, 2.24) is 4.98 Å². The number of nitriles is 2. The van der Waals surface area contributed by atoms with E-state index in [1.165, 1.54) is 11.8 Å².